The third kappa shape index (κ3) is 10.6. The van der Waals surface area contributed by atoms with Gasteiger partial charge in [0.05, 0.1) is 19.1 Å². The van der Waals surface area contributed by atoms with E-state index in [1.54, 1.807) is 36.4 Å². The molecule has 0 radical (unpaired) electrons. The van der Waals surface area contributed by atoms with Crippen LogP contribution in [0, 0.1) is 0 Å². The highest BCUT2D eigenvalue weighted by Gasteiger charge is 2.28. The van der Waals surface area contributed by atoms with Crippen molar-refractivity contribution in [1.29, 1.82) is 0 Å². The topological polar surface area (TPSA) is 183 Å². The number of amides is 5. The van der Waals surface area contributed by atoms with Gasteiger partial charge >= 0.3 is 0 Å². The van der Waals surface area contributed by atoms with Gasteiger partial charge in [0.15, 0.2) is 0 Å². The lowest BCUT2D eigenvalue weighted by molar-refractivity contribution is -0.139. The van der Waals surface area contributed by atoms with Gasteiger partial charge in [-0.05, 0) is 48.7 Å². The summed E-state index contributed by atoms with van der Waals surface area (Å²) in [6.45, 7) is 0.729. The van der Waals surface area contributed by atoms with Gasteiger partial charge < -0.3 is 37.0 Å². The number of rotatable bonds is 14. The molecule has 0 aliphatic carbocycles. The average molecular weight is 603 g/mol. The molecule has 3 aromatic rings. The van der Waals surface area contributed by atoms with Gasteiger partial charge in [0.25, 0.3) is 0 Å². The molecule has 12 heteroatoms. The third-order valence-corrected chi connectivity index (χ3v) is 6.81. The van der Waals surface area contributed by atoms with E-state index < -0.39 is 54.2 Å². The first-order chi connectivity index (χ1) is 21.0. The van der Waals surface area contributed by atoms with Crippen molar-refractivity contribution in [2.45, 2.75) is 37.9 Å². The molecule has 3 rings (SSSR count). The summed E-state index contributed by atoms with van der Waals surface area (Å²) in [7, 11) is 1.44. The first-order valence-corrected chi connectivity index (χ1v) is 14.1. The van der Waals surface area contributed by atoms with Crippen LogP contribution in [0.3, 0.4) is 0 Å². The molecule has 5 amide bonds. The second-order valence-electron chi connectivity index (χ2n) is 10.3. The van der Waals surface area contributed by atoms with Gasteiger partial charge in [0.1, 0.15) is 17.8 Å². The minimum Gasteiger partial charge on any atom is -0.508 e. The summed E-state index contributed by atoms with van der Waals surface area (Å²) in [6.07, 6.45) is 0.372. The molecule has 0 bridgehead atoms. The maximum Gasteiger partial charge on any atom is 0.243 e. The Morgan fingerprint density at radius 2 is 1.32 bits per heavy atom. The molecule has 0 fully saturated rings. The number of phenolic OH excluding ortho intramolecular Hbond substituents is 1. The molecule has 0 saturated carbocycles. The van der Waals surface area contributed by atoms with Crippen molar-refractivity contribution in [3.63, 3.8) is 0 Å². The Labute approximate surface area is 256 Å². The summed E-state index contributed by atoms with van der Waals surface area (Å²) in [5.41, 5.74) is 8.09. The number of nitrogens with zero attached hydrogens (tertiary/aromatic N) is 1. The van der Waals surface area contributed by atoms with Crippen LogP contribution in [0.4, 0.5) is 5.69 Å². The van der Waals surface area contributed by atoms with E-state index in [0.717, 1.165) is 11.1 Å². The van der Waals surface area contributed by atoms with Gasteiger partial charge in [-0.1, -0.05) is 60.7 Å². The monoisotopic (exact) mass is 602 g/mol. The van der Waals surface area contributed by atoms with Crippen LogP contribution >= 0.6 is 0 Å². The molecule has 7 N–H and O–H groups in total. The van der Waals surface area contributed by atoms with Gasteiger partial charge in [-0.2, -0.15) is 0 Å². The van der Waals surface area contributed by atoms with Gasteiger partial charge in [-0.25, -0.2) is 0 Å². The second kappa shape index (κ2) is 16.4. The minimum atomic E-state index is -0.988. The number of hydrogen-bond donors (Lipinski definition) is 6. The van der Waals surface area contributed by atoms with Gasteiger partial charge in [0.2, 0.25) is 29.5 Å². The number of para-hydroxylation sites is 1. The molecule has 0 aromatic heterocycles. The highest BCUT2D eigenvalue weighted by Crippen LogP contribution is 2.12. The number of nitrogens with two attached hydrogens (primary N) is 1. The molecule has 3 atom stereocenters. The van der Waals surface area contributed by atoms with Crippen LogP contribution in [0.1, 0.15) is 18.1 Å². The lowest BCUT2D eigenvalue weighted by Crippen LogP contribution is -2.54. The van der Waals surface area contributed by atoms with Crippen molar-refractivity contribution in [2.24, 2.45) is 5.73 Å². The molecule has 232 valence electrons. The standard InChI is InChI=1S/C32H38N6O6/c1-21(36-31(43)26(33)17-23-13-15-25(39)16-14-23)30(42)35-20-29(41)38(2)27(18-22-9-5-3-6-10-22)32(44)34-19-28(40)37-24-11-7-4-8-12-24/h3-16,21,26-27,39H,17-20,33H2,1-2H3,(H,34,44)(H,35,42)(H,36,43)(H,37,40)/t21-,26+,27+/m1/s1. The molecule has 12 nitrogen and oxygen atoms in total. The van der Waals surface area contributed by atoms with Crippen LogP contribution in [0.15, 0.2) is 84.9 Å². The van der Waals surface area contributed by atoms with E-state index in [9.17, 15) is 29.1 Å². The van der Waals surface area contributed by atoms with Crippen LogP contribution in [-0.4, -0.2) is 77.8 Å². The Morgan fingerprint density at radius 3 is 1.95 bits per heavy atom. The van der Waals surface area contributed by atoms with Crippen LogP contribution in [0.2, 0.25) is 0 Å². The highest BCUT2D eigenvalue weighted by atomic mass is 16.3. The lowest BCUT2D eigenvalue weighted by Gasteiger charge is -2.28. The summed E-state index contributed by atoms with van der Waals surface area (Å²) >= 11 is 0. The largest absolute Gasteiger partial charge is 0.508 e. The molecular weight excluding hydrogens is 564 g/mol. The van der Waals surface area contributed by atoms with Crippen molar-refractivity contribution >= 4 is 35.2 Å². The van der Waals surface area contributed by atoms with E-state index in [1.807, 2.05) is 36.4 Å². The fourth-order valence-electron chi connectivity index (χ4n) is 4.23. The first kappa shape index (κ1) is 33.3. The van der Waals surface area contributed by atoms with Crippen molar-refractivity contribution < 1.29 is 29.1 Å². The molecule has 0 aliphatic heterocycles. The van der Waals surface area contributed by atoms with E-state index in [0.29, 0.717) is 5.69 Å². The molecule has 0 aliphatic rings. The number of likely N-dealkylation sites (N-methyl/N-ethyl adjacent to an activating group) is 1. The van der Waals surface area contributed by atoms with Crippen LogP contribution in [-0.2, 0) is 36.8 Å². The minimum absolute atomic E-state index is 0.0931. The molecule has 3 aromatic carbocycles. The molecule has 0 spiro atoms. The summed E-state index contributed by atoms with van der Waals surface area (Å²) < 4.78 is 0. The van der Waals surface area contributed by atoms with E-state index in [1.165, 1.54) is 31.0 Å². The maximum absolute atomic E-state index is 13.2. The van der Waals surface area contributed by atoms with E-state index in [4.69, 9.17) is 5.73 Å². The van der Waals surface area contributed by atoms with E-state index in [2.05, 4.69) is 21.3 Å². The Morgan fingerprint density at radius 1 is 0.750 bits per heavy atom. The molecule has 44 heavy (non-hydrogen) atoms. The van der Waals surface area contributed by atoms with Crippen LogP contribution in [0.5, 0.6) is 5.75 Å². The number of aromatic hydroxyl groups is 1. The second-order valence-corrected chi connectivity index (χ2v) is 10.3. The SMILES string of the molecule is C[C@@H](NC(=O)[C@@H](N)Cc1ccc(O)cc1)C(=O)NCC(=O)N(C)[C@@H](Cc1ccccc1)C(=O)NCC(=O)Nc1ccccc1. The van der Waals surface area contributed by atoms with Crippen LogP contribution < -0.4 is 27.0 Å². The van der Waals surface area contributed by atoms with Gasteiger partial charge in [0, 0.05) is 19.2 Å². The normalized spacial score (nSPS) is 12.6. The highest BCUT2D eigenvalue weighted by molar-refractivity contribution is 5.96. The smallest absolute Gasteiger partial charge is 0.243 e. The Hall–Kier alpha value is -5.23. The number of carbonyl (C=O) groups excluding carboxylic acids is 5. The van der Waals surface area contributed by atoms with Gasteiger partial charge in [-0.15, -0.1) is 0 Å². The fourth-order valence-corrected chi connectivity index (χ4v) is 4.23. The Kier molecular flexibility index (Phi) is 12.4. The molecule has 0 saturated heterocycles. The summed E-state index contributed by atoms with van der Waals surface area (Å²) in [4.78, 5) is 65.0. The average Bonchev–Trinajstić information content (AvgIpc) is 3.02. The number of carbonyl (C=O) groups is 5. The summed E-state index contributed by atoms with van der Waals surface area (Å²) in [6, 6.07) is 21.3. The fraction of sp³-hybridized carbons (Fsp3) is 0.281. The summed E-state index contributed by atoms with van der Waals surface area (Å²) in [5, 5.41) is 19.7. The zero-order valence-corrected chi connectivity index (χ0v) is 24.7. The number of nitrogens with one attached hydrogen (secondary N) is 4. The van der Waals surface area contributed by atoms with Crippen molar-refractivity contribution in [3.05, 3.63) is 96.1 Å². The number of hydrogen-bond acceptors (Lipinski definition) is 7. The van der Waals surface area contributed by atoms with E-state index >= 15 is 0 Å². The Balaban J connectivity index is 1.54. The number of phenols is 1. The first-order valence-electron chi connectivity index (χ1n) is 14.1. The molecular formula is C32H38N6O6. The zero-order valence-electron chi connectivity index (χ0n) is 24.7. The third-order valence-electron chi connectivity index (χ3n) is 6.81. The zero-order chi connectivity index (χ0) is 32.1. The lowest BCUT2D eigenvalue weighted by atomic mass is 10.0. The van der Waals surface area contributed by atoms with Crippen molar-refractivity contribution in [2.75, 3.05) is 25.5 Å². The summed E-state index contributed by atoms with van der Waals surface area (Å²) in [5.74, 6) is -2.59. The van der Waals surface area contributed by atoms with Crippen LogP contribution in [0.25, 0.3) is 0 Å². The van der Waals surface area contributed by atoms with Crippen molar-refractivity contribution in [1.82, 2.24) is 20.9 Å². The number of benzene rings is 3. The van der Waals surface area contributed by atoms with E-state index in [-0.39, 0.29) is 25.1 Å². The number of anilines is 1. The van der Waals surface area contributed by atoms with Gasteiger partial charge in [-0.3, -0.25) is 24.0 Å². The quantitative estimate of drug-likeness (QED) is 0.157. The van der Waals surface area contributed by atoms with Crippen molar-refractivity contribution in [3.8, 4) is 5.75 Å². The maximum atomic E-state index is 13.2. The predicted molar refractivity (Wildman–Crippen MR) is 165 cm³/mol. The molecule has 0 heterocycles. The predicted octanol–water partition coefficient (Wildman–Crippen LogP) is 0.708. The Bertz CT molecular complexity index is 1420. The molecule has 0 unspecified atom stereocenters.